The van der Waals surface area contributed by atoms with E-state index in [0.29, 0.717) is 12.8 Å². The Kier molecular flexibility index (Phi) is 23.4. The molecule has 0 saturated heterocycles. The van der Waals surface area contributed by atoms with Crippen LogP contribution in [0.25, 0.3) is 0 Å². The average Bonchev–Trinajstić information content (AvgIpc) is 2.62. The molecule has 0 bridgehead atoms. The van der Waals surface area contributed by atoms with Gasteiger partial charge in [-0.3, -0.25) is 0 Å². The van der Waals surface area contributed by atoms with Gasteiger partial charge in [-0.1, -0.05) is 104 Å². The molecule has 1 N–H and O–H groups in total. The van der Waals surface area contributed by atoms with Gasteiger partial charge in [0.25, 0.3) is 0 Å². The summed E-state index contributed by atoms with van der Waals surface area (Å²) < 4.78 is 34.4. The molecule has 6 heteroatoms. The topological polar surface area (TPSA) is 77.4 Å². The van der Waals surface area contributed by atoms with Crippen molar-refractivity contribution in [2.75, 3.05) is 0 Å². The van der Waals surface area contributed by atoms with Crippen LogP contribution in [0.15, 0.2) is 0 Å². The van der Waals surface area contributed by atoms with Crippen LogP contribution in [0.2, 0.25) is 0 Å². The molecular formula is C22H45NaO4S. The first kappa shape index (κ1) is 31.1. The maximum Gasteiger partial charge on any atom is 1.00 e. The zero-order chi connectivity index (χ0) is 20.4. The van der Waals surface area contributed by atoms with Gasteiger partial charge in [0.1, 0.15) is 0 Å². The van der Waals surface area contributed by atoms with Crippen molar-refractivity contribution in [1.29, 1.82) is 0 Å². The largest absolute Gasteiger partial charge is 1.00 e. The second-order valence-electron chi connectivity index (χ2n) is 8.14. The molecule has 0 spiro atoms. The fourth-order valence-corrected chi connectivity index (χ4v) is 4.51. The minimum absolute atomic E-state index is 0. The van der Waals surface area contributed by atoms with Crippen molar-refractivity contribution in [2.24, 2.45) is 0 Å². The molecule has 0 saturated carbocycles. The Hall–Kier alpha value is 0.870. The summed E-state index contributed by atoms with van der Waals surface area (Å²) in [5, 5.41) is 8.82. The average molecular weight is 429 g/mol. The van der Waals surface area contributed by atoms with Crippen molar-refractivity contribution in [3.8, 4) is 0 Å². The molecule has 2 atom stereocenters. The second kappa shape index (κ2) is 21.1. The molecule has 0 aromatic carbocycles. The Morgan fingerprint density at radius 3 is 1.39 bits per heavy atom. The van der Waals surface area contributed by atoms with Crippen LogP contribution >= 0.6 is 0 Å². The SMILES string of the molecule is CCCCCCCCC(CCCCCCCCCCC(O)CC)S(=O)(=O)[O-].[Na+]. The summed E-state index contributed by atoms with van der Waals surface area (Å²) in [5.74, 6) is 0. The Labute approximate surface area is 197 Å². The van der Waals surface area contributed by atoms with Gasteiger partial charge in [0, 0.05) is 5.25 Å². The van der Waals surface area contributed by atoms with Crippen molar-refractivity contribution in [1.82, 2.24) is 0 Å². The fourth-order valence-electron chi connectivity index (χ4n) is 3.60. The monoisotopic (exact) mass is 428 g/mol. The first-order chi connectivity index (χ1) is 12.9. The Bertz CT molecular complexity index is 415. The van der Waals surface area contributed by atoms with E-state index in [1.54, 1.807) is 0 Å². The third-order valence-corrected chi connectivity index (χ3v) is 6.86. The van der Waals surface area contributed by atoms with Gasteiger partial charge >= 0.3 is 29.6 Å². The predicted molar refractivity (Wildman–Crippen MR) is 114 cm³/mol. The summed E-state index contributed by atoms with van der Waals surface area (Å²) in [4.78, 5) is 0. The zero-order valence-electron chi connectivity index (χ0n) is 19.0. The number of aliphatic hydroxyl groups excluding tert-OH is 1. The first-order valence-corrected chi connectivity index (χ1v) is 13.0. The van der Waals surface area contributed by atoms with Crippen molar-refractivity contribution in [3.63, 3.8) is 0 Å². The molecule has 0 aromatic heterocycles. The number of unbranched alkanes of at least 4 members (excludes halogenated alkanes) is 12. The summed E-state index contributed by atoms with van der Waals surface area (Å²) in [6.45, 7) is 4.19. The minimum Gasteiger partial charge on any atom is -0.748 e. The van der Waals surface area contributed by atoms with E-state index >= 15 is 0 Å². The van der Waals surface area contributed by atoms with E-state index in [0.717, 1.165) is 57.8 Å². The van der Waals surface area contributed by atoms with Crippen LogP contribution in [-0.2, 0) is 10.1 Å². The maximum absolute atomic E-state index is 11.5. The minimum atomic E-state index is -4.15. The zero-order valence-corrected chi connectivity index (χ0v) is 21.8. The van der Waals surface area contributed by atoms with E-state index in [1.165, 1.54) is 44.9 Å². The molecule has 4 nitrogen and oxygen atoms in total. The van der Waals surface area contributed by atoms with Crippen LogP contribution in [0.3, 0.4) is 0 Å². The van der Waals surface area contributed by atoms with Gasteiger partial charge in [0.15, 0.2) is 0 Å². The van der Waals surface area contributed by atoms with Gasteiger partial charge in [-0.05, 0) is 25.7 Å². The van der Waals surface area contributed by atoms with E-state index in [9.17, 15) is 18.1 Å². The van der Waals surface area contributed by atoms with E-state index < -0.39 is 15.4 Å². The Morgan fingerprint density at radius 1 is 0.679 bits per heavy atom. The third-order valence-electron chi connectivity index (χ3n) is 5.57. The number of hydrogen-bond donors (Lipinski definition) is 1. The fraction of sp³-hybridized carbons (Fsp3) is 1.00. The molecule has 0 rings (SSSR count). The summed E-state index contributed by atoms with van der Waals surface area (Å²) in [6, 6.07) is 0. The molecular weight excluding hydrogens is 383 g/mol. The van der Waals surface area contributed by atoms with E-state index in [2.05, 4.69) is 6.92 Å². The third kappa shape index (κ3) is 20.2. The van der Waals surface area contributed by atoms with Crippen molar-refractivity contribution >= 4 is 10.1 Å². The predicted octanol–water partition coefficient (Wildman–Crippen LogP) is 3.33. The maximum atomic E-state index is 11.5. The van der Waals surface area contributed by atoms with E-state index in [4.69, 9.17) is 0 Å². The molecule has 0 aliphatic rings. The molecule has 0 aliphatic heterocycles. The first-order valence-electron chi connectivity index (χ1n) is 11.5. The van der Waals surface area contributed by atoms with Gasteiger partial charge in [0.05, 0.1) is 16.2 Å². The van der Waals surface area contributed by atoms with Crippen molar-refractivity contribution in [2.45, 2.75) is 141 Å². The Morgan fingerprint density at radius 2 is 1.04 bits per heavy atom. The summed E-state index contributed by atoms with van der Waals surface area (Å²) >= 11 is 0. The second-order valence-corrected chi connectivity index (χ2v) is 9.79. The van der Waals surface area contributed by atoms with Crippen LogP contribution in [0.4, 0.5) is 0 Å². The smallest absolute Gasteiger partial charge is 0.748 e. The standard InChI is InChI=1S/C22H46O4S.Na/c1-3-5-6-7-13-16-19-22(27(24,25)26)20-17-14-11-9-8-10-12-15-18-21(23)4-2;/h21-23H,3-20H2,1-2H3,(H,24,25,26);/q;+1/p-1. The number of hydrogen-bond acceptors (Lipinski definition) is 4. The van der Waals surface area contributed by atoms with Gasteiger partial charge < -0.3 is 9.66 Å². The summed E-state index contributed by atoms with van der Waals surface area (Å²) in [6.07, 6.45) is 18.3. The van der Waals surface area contributed by atoms with E-state index in [-0.39, 0.29) is 35.7 Å². The summed E-state index contributed by atoms with van der Waals surface area (Å²) in [7, 11) is -4.15. The summed E-state index contributed by atoms with van der Waals surface area (Å²) in [5.41, 5.74) is 0. The van der Waals surface area contributed by atoms with Gasteiger partial charge in [-0.25, -0.2) is 8.42 Å². The van der Waals surface area contributed by atoms with Gasteiger partial charge in [-0.15, -0.1) is 0 Å². The molecule has 0 aromatic rings. The van der Waals surface area contributed by atoms with Crippen LogP contribution in [0.1, 0.15) is 129 Å². The molecule has 2 unspecified atom stereocenters. The van der Waals surface area contributed by atoms with Crippen LogP contribution in [-0.4, -0.2) is 29.4 Å². The number of rotatable bonds is 20. The van der Waals surface area contributed by atoms with Gasteiger partial charge in [-0.2, -0.15) is 0 Å². The van der Waals surface area contributed by atoms with Crippen LogP contribution in [0, 0.1) is 0 Å². The van der Waals surface area contributed by atoms with E-state index in [1.807, 2.05) is 6.92 Å². The molecule has 164 valence electrons. The molecule has 0 amide bonds. The van der Waals surface area contributed by atoms with Crippen LogP contribution < -0.4 is 29.6 Å². The molecule has 0 fully saturated rings. The molecule has 28 heavy (non-hydrogen) atoms. The van der Waals surface area contributed by atoms with Gasteiger partial charge in [0.2, 0.25) is 0 Å². The van der Waals surface area contributed by atoms with Crippen molar-refractivity contribution in [3.05, 3.63) is 0 Å². The molecule has 0 heterocycles. The van der Waals surface area contributed by atoms with Crippen LogP contribution in [0.5, 0.6) is 0 Å². The Balaban J connectivity index is 0. The number of aliphatic hydroxyl groups is 1. The quantitative estimate of drug-likeness (QED) is 0.183. The van der Waals surface area contributed by atoms with Crippen molar-refractivity contribution < 1.29 is 47.6 Å². The normalized spacial score (nSPS) is 13.9. The molecule has 0 aliphatic carbocycles. The molecule has 0 radical (unpaired) electrons.